The van der Waals surface area contributed by atoms with Gasteiger partial charge in [0, 0.05) is 33.9 Å². The standard InChI is InChI=1S/C22H38N4O3/c1-23-22(24-12-4-7-15-29-17-16-27-2)25-18-21(26-13-5-6-14-26)19-8-10-20(28-3)11-9-19/h8-11,21H,4-7,12-18H2,1-3H3,(H2,23,24,25). The third-order valence-electron chi connectivity index (χ3n) is 5.21. The molecule has 7 heteroatoms. The van der Waals surface area contributed by atoms with E-state index in [9.17, 15) is 0 Å². The van der Waals surface area contributed by atoms with Crippen molar-refractivity contribution in [2.45, 2.75) is 31.7 Å². The third kappa shape index (κ3) is 8.60. The van der Waals surface area contributed by atoms with Crippen LogP contribution in [-0.4, -0.2) is 78.1 Å². The van der Waals surface area contributed by atoms with Crippen molar-refractivity contribution >= 4 is 5.96 Å². The van der Waals surface area contributed by atoms with Gasteiger partial charge in [0.05, 0.1) is 26.4 Å². The molecule has 0 amide bonds. The van der Waals surface area contributed by atoms with E-state index in [1.165, 1.54) is 18.4 Å². The molecule has 0 aliphatic carbocycles. The van der Waals surface area contributed by atoms with E-state index in [1.807, 2.05) is 19.2 Å². The van der Waals surface area contributed by atoms with E-state index in [0.717, 1.165) is 57.3 Å². The molecule has 0 saturated carbocycles. The molecule has 0 bridgehead atoms. The first kappa shape index (κ1) is 23.4. The topological polar surface area (TPSA) is 67.4 Å². The Morgan fingerprint density at radius 3 is 2.45 bits per heavy atom. The summed E-state index contributed by atoms with van der Waals surface area (Å²) in [6.45, 7) is 6.08. The van der Waals surface area contributed by atoms with Gasteiger partial charge in [0.1, 0.15) is 5.75 Å². The second-order valence-corrected chi connectivity index (χ2v) is 7.22. The molecule has 1 aromatic rings. The number of nitrogens with one attached hydrogen (secondary N) is 2. The van der Waals surface area contributed by atoms with Crippen LogP contribution in [0.4, 0.5) is 0 Å². The number of methoxy groups -OCH3 is 2. The van der Waals surface area contributed by atoms with Gasteiger partial charge in [0.15, 0.2) is 5.96 Å². The summed E-state index contributed by atoms with van der Waals surface area (Å²) in [5, 5.41) is 6.92. The van der Waals surface area contributed by atoms with Crippen LogP contribution in [0.5, 0.6) is 5.75 Å². The van der Waals surface area contributed by atoms with Gasteiger partial charge in [0.25, 0.3) is 0 Å². The normalized spacial score (nSPS) is 16.0. The van der Waals surface area contributed by atoms with Crippen LogP contribution >= 0.6 is 0 Å². The first-order chi connectivity index (χ1) is 14.3. The minimum absolute atomic E-state index is 0.330. The molecular weight excluding hydrogens is 368 g/mol. The molecule has 0 spiro atoms. The van der Waals surface area contributed by atoms with Gasteiger partial charge in [0.2, 0.25) is 0 Å². The quantitative estimate of drug-likeness (QED) is 0.298. The fourth-order valence-corrected chi connectivity index (χ4v) is 3.53. The average Bonchev–Trinajstić information content (AvgIpc) is 3.29. The van der Waals surface area contributed by atoms with E-state index in [2.05, 4.69) is 32.7 Å². The Morgan fingerprint density at radius 1 is 1.03 bits per heavy atom. The molecule has 7 nitrogen and oxygen atoms in total. The summed E-state index contributed by atoms with van der Waals surface area (Å²) in [6.07, 6.45) is 4.61. The number of benzene rings is 1. The molecule has 0 radical (unpaired) electrons. The first-order valence-electron chi connectivity index (χ1n) is 10.7. The fourth-order valence-electron chi connectivity index (χ4n) is 3.53. The second-order valence-electron chi connectivity index (χ2n) is 7.22. The maximum absolute atomic E-state index is 5.50. The lowest BCUT2D eigenvalue weighted by Crippen LogP contribution is -2.43. The highest BCUT2D eigenvalue weighted by Crippen LogP contribution is 2.26. The number of ether oxygens (including phenoxy) is 3. The molecule has 164 valence electrons. The Hall–Kier alpha value is -1.83. The SMILES string of the molecule is CN=C(NCCCCOCCOC)NCC(c1ccc(OC)cc1)N1CCCC1. The van der Waals surface area contributed by atoms with Crippen molar-refractivity contribution in [1.82, 2.24) is 15.5 Å². The Bertz CT molecular complexity index is 574. The number of guanidine groups is 1. The molecule has 1 heterocycles. The van der Waals surface area contributed by atoms with Crippen LogP contribution in [0.25, 0.3) is 0 Å². The number of likely N-dealkylation sites (tertiary alicyclic amines) is 1. The van der Waals surface area contributed by atoms with Gasteiger partial charge in [-0.25, -0.2) is 0 Å². The van der Waals surface area contributed by atoms with Gasteiger partial charge in [-0.15, -0.1) is 0 Å². The average molecular weight is 407 g/mol. The summed E-state index contributed by atoms with van der Waals surface area (Å²) in [4.78, 5) is 6.93. The van der Waals surface area contributed by atoms with Gasteiger partial charge in [-0.1, -0.05) is 12.1 Å². The summed E-state index contributed by atoms with van der Waals surface area (Å²) in [5.41, 5.74) is 1.31. The highest BCUT2D eigenvalue weighted by Gasteiger charge is 2.23. The highest BCUT2D eigenvalue weighted by atomic mass is 16.5. The van der Waals surface area contributed by atoms with E-state index in [-0.39, 0.29) is 0 Å². The van der Waals surface area contributed by atoms with Gasteiger partial charge >= 0.3 is 0 Å². The van der Waals surface area contributed by atoms with Crippen molar-refractivity contribution in [3.8, 4) is 5.75 Å². The smallest absolute Gasteiger partial charge is 0.191 e. The molecule has 1 aliphatic rings. The fraction of sp³-hybridized carbons (Fsp3) is 0.682. The monoisotopic (exact) mass is 406 g/mol. The third-order valence-corrected chi connectivity index (χ3v) is 5.21. The van der Waals surface area contributed by atoms with Crippen molar-refractivity contribution < 1.29 is 14.2 Å². The highest BCUT2D eigenvalue weighted by molar-refractivity contribution is 5.79. The van der Waals surface area contributed by atoms with Gasteiger partial charge in [-0.3, -0.25) is 9.89 Å². The van der Waals surface area contributed by atoms with Crippen LogP contribution in [0.1, 0.15) is 37.3 Å². The minimum Gasteiger partial charge on any atom is -0.497 e. The molecule has 1 fully saturated rings. The molecular formula is C22H38N4O3. The maximum Gasteiger partial charge on any atom is 0.191 e. The van der Waals surface area contributed by atoms with E-state index in [0.29, 0.717) is 19.3 Å². The molecule has 2 N–H and O–H groups in total. The largest absolute Gasteiger partial charge is 0.497 e. The van der Waals surface area contributed by atoms with Crippen molar-refractivity contribution in [2.24, 2.45) is 4.99 Å². The Kier molecular flexibility index (Phi) is 11.5. The number of rotatable bonds is 13. The zero-order valence-corrected chi connectivity index (χ0v) is 18.3. The zero-order valence-electron chi connectivity index (χ0n) is 18.3. The van der Waals surface area contributed by atoms with E-state index in [1.54, 1.807) is 14.2 Å². The van der Waals surface area contributed by atoms with Crippen LogP contribution in [0, 0.1) is 0 Å². The maximum atomic E-state index is 5.50. The predicted molar refractivity (Wildman–Crippen MR) is 118 cm³/mol. The molecule has 1 saturated heterocycles. The molecule has 29 heavy (non-hydrogen) atoms. The first-order valence-corrected chi connectivity index (χ1v) is 10.7. The number of hydrogen-bond acceptors (Lipinski definition) is 5. The van der Waals surface area contributed by atoms with Crippen LogP contribution in [0.3, 0.4) is 0 Å². The molecule has 2 rings (SSSR count). The summed E-state index contributed by atoms with van der Waals surface area (Å²) in [7, 11) is 5.21. The lowest BCUT2D eigenvalue weighted by Gasteiger charge is -2.29. The Balaban J connectivity index is 1.77. The minimum atomic E-state index is 0.330. The number of unbranched alkanes of at least 4 members (excludes halogenated alkanes) is 1. The van der Waals surface area contributed by atoms with Crippen molar-refractivity contribution in [3.63, 3.8) is 0 Å². The number of hydrogen-bond donors (Lipinski definition) is 2. The molecule has 1 atom stereocenters. The van der Waals surface area contributed by atoms with E-state index >= 15 is 0 Å². The van der Waals surface area contributed by atoms with Crippen molar-refractivity contribution in [2.75, 3.05) is 67.3 Å². The molecule has 1 unspecified atom stereocenters. The molecule has 0 aromatic heterocycles. The van der Waals surface area contributed by atoms with Gasteiger partial charge in [-0.2, -0.15) is 0 Å². The number of nitrogens with zero attached hydrogens (tertiary/aromatic N) is 2. The van der Waals surface area contributed by atoms with Crippen LogP contribution in [-0.2, 0) is 9.47 Å². The summed E-state index contributed by atoms with van der Waals surface area (Å²) in [5.74, 6) is 1.74. The lowest BCUT2D eigenvalue weighted by molar-refractivity contribution is 0.0689. The summed E-state index contributed by atoms with van der Waals surface area (Å²) < 4.78 is 15.8. The molecule has 1 aromatic carbocycles. The van der Waals surface area contributed by atoms with Crippen molar-refractivity contribution in [3.05, 3.63) is 29.8 Å². The molecule has 1 aliphatic heterocycles. The van der Waals surface area contributed by atoms with Crippen LogP contribution in [0.2, 0.25) is 0 Å². The van der Waals surface area contributed by atoms with E-state index in [4.69, 9.17) is 14.2 Å². The van der Waals surface area contributed by atoms with Gasteiger partial charge in [-0.05, 0) is 56.5 Å². The van der Waals surface area contributed by atoms with Crippen LogP contribution < -0.4 is 15.4 Å². The zero-order chi connectivity index (χ0) is 20.7. The Labute approximate surface area is 175 Å². The summed E-state index contributed by atoms with van der Waals surface area (Å²) in [6, 6.07) is 8.75. The van der Waals surface area contributed by atoms with Crippen molar-refractivity contribution in [1.29, 1.82) is 0 Å². The number of aliphatic imine (C=N–C) groups is 1. The van der Waals surface area contributed by atoms with Gasteiger partial charge < -0.3 is 24.8 Å². The Morgan fingerprint density at radius 2 is 1.79 bits per heavy atom. The second kappa shape index (κ2) is 14.2. The lowest BCUT2D eigenvalue weighted by atomic mass is 10.1. The predicted octanol–water partition coefficient (Wildman–Crippen LogP) is 2.44. The van der Waals surface area contributed by atoms with Crippen LogP contribution in [0.15, 0.2) is 29.3 Å². The summed E-state index contributed by atoms with van der Waals surface area (Å²) >= 11 is 0. The van der Waals surface area contributed by atoms with E-state index < -0.39 is 0 Å².